The molecule has 0 radical (unpaired) electrons. The first-order chi connectivity index (χ1) is 13.9. The van der Waals surface area contributed by atoms with Crippen LogP contribution in [0.5, 0.6) is 0 Å². The Morgan fingerprint density at radius 2 is 1.97 bits per heavy atom. The molecule has 0 spiro atoms. The summed E-state index contributed by atoms with van der Waals surface area (Å²) in [6, 6.07) is 7.67. The number of hydrogen-bond acceptors (Lipinski definition) is 5. The molecule has 4 rings (SSSR count). The Morgan fingerprint density at radius 3 is 2.69 bits per heavy atom. The molecule has 2 aliphatic heterocycles. The van der Waals surface area contributed by atoms with Crippen LogP contribution in [0.1, 0.15) is 25.7 Å². The number of carbonyl (C=O) groups is 1. The lowest BCUT2D eigenvalue weighted by atomic mass is 9.97. The average molecular weight is 420 g/mol. The van der Waals surface area contributed by atoms with Gasteiger partial charge in [-0.1, -0.05) is 0 Å². The number of hydrogen-bond donors (Lipinski definition) is 2. The number of amides is 1. The van der Waals surface area contributed by atoms with Gasteiger partial charge in [0.2, 0.25) is 21.5 Å². The minimum absolute atomic E-state index is 0.0211. The zero-order valence-corrected chi connectivity index (χ0v) is 16.9. The van der Waals surface area contributed by atoms with Crippen molar-refractivity contribution in [2.24, 2.45) is 5.92 Å². The van der Waals surface area contributed by atoms with Crippen molar-refractivity contribution in [1.82, 2.24) is 14.6 Å². The SMILES string of the molecule is O=C(NCC1CCCO1)C1CCN(S(=O)(=O)c2ccc3[nH]c(=O)ccc3c2)CC1. The molecule has 1 aromatic heterocycles. The largest absolute Gasteiger partial charge is 0.376 e. The molecule has 156 valence electrons. The fourth-order valence-corrected chi connectivity index (χ4v) is 5.47. The second-order valence-corrected chi connectivity index (χ2v) is 9.57. The Bertz CT molecular complexity index is 1050. The number of nitrogens with one attached hydrogen (secondary N) is 2. The molecular formula is C20H25N3O5S. The summed E-state index contributed by atoms with van der Waals surface area (Å²) in [6.45, 7) is 1.90. The molecule has 2 aromatic rings. The molecule has 0 aliphatic carbocycles. The van der Waals surface area contributed by atoms with Crippen molar-refractivity contribution in [3.05, 3.63) is 40.7 Å². The molecule has 3 heterocycles. The summed E-state index contributed by atoms with van der Waals surface area (Å²) in [5.41, 5.74) is 0.367. The second-order valence-electron chi connectivity index (χ2n) is 7.63. The van der Waals surface area contributed by atoms with Crippen LogP contribution in [0.25, 0.3) is 10.9 Å². The Kier molecular flexibility index (Phi) is 5.71. The van der Waals surface area contributed by atoms with E-state index >= 15 is 0 Å². The van der Waals surface area contributed by atoms with Gasteiger partial charge < -0.3 is 15.0 Å². The number of fused-ring (bicyclic) bond motifs is 1. The maximum absolute atomic E-state index is 13.0. The Morgan fingerprint density at radius 1 is 1.17 bits per heavy atom. The third-order valence-corrected chi connectivity index (χ3v) is 7.58. The van der Waals surface area contributed by atoms with Crippen LogP contribution in [0.3, 0.4) is 0 Å². The maximum atomic E-state index is 13.0. The number of carbonyl (C=O) groups excluding carboxylic acids is 1. The zero-order valence-electron chi connectivity index (χ0n) is 16.1. The summed E-state index contributed by atoms with van der Waals surface area (Å²) in [4.78, 5) is 26.7. The van der Waals surface area contributed by atoms with Crippen LogP contribution >= 0.6 is 0 Å². The Hall–Kier alpha value is -2.23. The van der Waals surface area contributed by atoms with Gasteiger partial charge in [-0.05, 0) is 55.3 Å². The van der Waals surface area contributed by atoms with E-state index < -0.39 is 10.0 Å². The van der Waals surface area contributed by atoms with E-state index in [1.54, 1.807) is 18.2 Å². The van der Waals surface area contributed by atoms with Gasteiger partial charge in [-0.3, -0.25) is 9.59 Å². The van der Waals surface area contributed by atoms with Crippen LogP contribution in [0.4, 0.5) is 0 Å². The molecule has 2 fully saturated rings. The molecule has 2 N–H and O–H groups in total. The van der Waals surface area contributed by atoms with E-state index in [-0.39, 0.29) is 28.4 Å². The normalized spacial score (nSPS) is 21.4. The standard InChI is InChI=1S/C20H25N3O5S/c24-19-6-3-15-12-17(4-5-18(15)22-19)29(26,27)23-9-7-14(8-10-23)20(25)21-13-16-2-1-11-28-16/h3-6,12,14,16H,1-2,7-11,13H2,(H,21,25)(H,22,24). The zero-order chi connectivity index (χ0) is 20.4. The molecule has 0 saturated carbocycles. The highest BCUT2D eigenvalue weighted by molar-refractivity contribution is 7.89. The lowest BCUT2D eigenvalue weighted by Gasteiger charge is -2.30. The van der Waals surface area contributed by atoms with E-state index in [0.29, 0.717) is 43.4 Å². The topological polar surface area (TPSA) is 109 Å². The van der Waals surface area contributed by atoms with Gasteiger partial charge in [-0.2, -0.15) is 4.31 Å². The molecule has 1 unspecified atom stereocenters. The molecule has 1 amide bonds. The van der Waals surface area contributed by atoms with Gasteiger partial charge in [-0.15, -0.1) is 0 Å². The van der Waals surface area contributed by atoms with E-state index in [1.807, 2.05) is 0 Å². The number of nitrogens with zero attached hydrogens (tertiary/aromatic N) is 1. The summed E-state index contributed by atoms with van der Waals surface area (Å²) in [7, 11) is -3.65. The van der Waals surface area contributed by atoms with Gasteiger partial charge >= 0.3 is 0 Å². The fourth-order valence-electron chi connectivity index (χ4n) is 3.96. The lowest BCUT2D eigenvalue weighted by Crippen LogP contribution is -2.44. The number of pyridine rings is 1. The number of aromatic amines is 1. The molecule has 2 aliphatic rings. The predicted octanol–water partition coefficient (Wildman–Crippen LogP) is 1.22. The highest BCUT2D eigenvalue weighted by Gasteiger charge is 2.32. The van der Waals surface area contributed by atoms with Gasteiger partial charge in [-0.25, -0.2) is 8.42 Å². The maximum Gasteiger partial charge on any atom is 0.248 e. The third kappa shape index (κ3) is 4.36. The summed E-state index contributed by atoms with van der Waals surface area (Å²) < 4.78 is 33.0. The van der Waals surface area contributed by atoms with Crippen LogP contribution in [0.15, 0.2) is 40.0 Å². The van der Waals surface area contributed by atoms with Gasteiger partial charge in [0.05, 0.1) is 11.0 Å². The van der Waals surface area contributed by atoms with Crippen LogP contribution in [0, 0.1) is 5.92 Å². The smallest absolute Gasteiger partial charge is 0.248 e. The highest BCUT2D eigenvalue weighted by Crippen LogP contribution is 2.25. The average Bonchev–Trinajstić information content (AvgIpc) is 3.25. The minimum atomic E-state index is -3.65. The lowest BCUT2D eigenvalue weighted by molar-refractivity contribution is -0.126. The third-order valence-electron chi connectivity index (χ3n) is 5.69. The molecular weight excluding hydrogens is 394 g/mol. The molecule has 1 aromatic carbocycles. The van der Waals surface area contributed by atoms with Crippen molar-refractivity contribution in [3.63, 3.8) is 0 Å². The van der Waals surface area contributed by atoms with Crippen molar-refractivity contribution in [1.29, 1.82) is 0 Å². The summed E-state index contributed by atoms with van der Waals surface area (Å²) >= 11 is 0. The first-order valence-electron chi connectivity index (χ1n) is 9.96. The monoisotopic (exact) mass is 419 g/mol. The van der Waals surface area contributed by atoms with Gasteiger partial charge in [0.15, 0.2) is 0 Å². The van der Waals surface area contributed by atoms with Crippen molar-refractivity contribution >= 4 is 26.8 Å². The molecule has 2 saturated heterocycles. The minimum Gasteiger partial charge on any atom is -0.376 e. The number of rotatable bonds is 5. The predicted molar refractivity (Wildman–Crippen MR) is 108 cm³/mol. The van der Waals surface area contributed by atoms with Crippen LogP contribution in [0.2, 0.25) is 0 Å². The van der Waals surface area contributed by atoms with Crippen molar-refractivity contribution in [2.75, 3.05) is 26.2 Å². The number of H-pyrrole nitrogens is 1. The van der Waals surface area contributed by atoms with Gasteiger partial charge in [0.1, 0.15) is 0 Å². The van der Waals surface area contributed by atoms with Crippen LogP contribution in [-0.2, 0) is 19.6 Å². The fraction of sp³-hybridized carbons (Fsp3) is 0.500. The first-order valence-corrected chi connectivity index (χ1v) is 11.4. The Labute approximate surface area is 169 Å². The quantitative estimate of drug-likeness (QED) is 0.758. The van der Waals surface area contributed by atoms with Crippen LogP contribution in [-0.4, -0.2) is 56.0 Å². The molecule has 9 heteroatoms. The first kappa shape index (κ1) is 20.1. The summed E-state index contributed by atoms with van der Waals surface area (Å²) in [5.74, 6) is -0.197. The van der Waals surface area contributed by atoms with Crippen molar-refractivity contribution < 1.29 is 17.9 Å². The van der Waals surface area contributed by atoms with E-state index in [4.69, 9.17) is 4.74 Å². The van der Waals surface area contributed by atoms with E-state index in [0.717, 1.165) is 19.4 Å². The number of ether oxygens (including phenoxy) is 1. The molecule has 29 heavy (non-hydrogen) atoms. The van der Waals surface area contributed by atoms with E-state index in [2.05, 4.69) is 10.3 Å². The number of aromatic nitrogens is 1. The van der Waals surface area contributed by atoms with Gasteiger partial charge in [0.25, 0.3) is 0 Å². The van der Waals surface area contributed by atoms with E-state index in [1.165, 1.54) is 16.4 Å². The molecule has 1 atom stereocenters. The number of benzene rings is 1. The highest BCUT2D eigenvalue weighted by atomic mass is 32.2. The number of sulfonamides is 1. The number of piperidine rings is 1. The molecule has 8 nitrogen and oxygen atoms in total. The molecule has 0 bridgehead atoms. The summed E-state index contributed by atoms with van der Waals surface area (Å²) in [6.07, 6.45) is 3.09. The second kappa shape index (κ2) is 8.25. The van der Waals surface area contributed by atoms with Crippen molar-refractivity contribution in [3.8, 4) is 0 Å². The van der Waals surface area contributed by atoms with Crippen LogP contribution < -0.4 is 10.9 Å². The van der Waals surface area contributed by atoms with Crippen molar-refractivity contribution in [2.45, 2.75) is 36.7 Å². The summed E-state index contributed by atoms with van der Waals surface area (Å²) in [5, 5.41) is 3.60. The van der Waals surface area contributed by atoms with Gasteiger partial charge in [0, 0.05) is 43.7 Å². The Balaban J connectivity index is 1.38. The van der Waals surface area contributed by atoms with E-state index in [9.17, 15) is 18.0 Å².